The van der Waals surface area contributed by atoms with E-state index >= 15 is 0 Å². The number of nitrogens with one attached hydrogen (secondary N) is 1. The van der Waals surface area contributed by atoms with Crippen LogP contribution in [-0.4, -0.2) is 25.2 Å². The molecule has 0 fully saturated rings. The predicted octanol–water partition coefficient (Wildman–Crippen LogP) is 2.39. The van der Waals surface area contributed by atoms with Gasteiger partial charge in [-0.2, -0.15) is 0 Å². The zero-order valence-corrected chi connectivity index (χ0v) is 10.5. The number of carbonyl (C=O) groups is 1. The normalized spacial score (nSPS) is 9.47. The molecule has 0 aliphatic carbocycles. The molecule has 0 aliphatic rings. The van der Waals surface area contributed by atoms with Crippen molar-refractivity contribution in [2.24, 2.45) is 0 Å². The van der Waals surface area contributed by atoms with E-state index in [2.05, 4.69) is 5.32 Å². The summed E-state index contributed by atoms with van der Waals surface area (Å²) < 4.78 is 10.3. The van der Waals surface area contributed by atoms with Gasteiger partial charge in [0.15, 0.2) is 0 Å². The van der Waals surface area contributed by atoms with Gasteiger partial charge in [-0.15, -0.1) is 0 Å². The molecule has 0 saturated heterocycles. The Balaban J connectivity index is 2.31. The molecule has 1 aromatic rings. The molecule has 0 atom stereocenters. The Bertz CT molecular complexity index is 365. The summed E-state index contributed by atoms with van der Waals surface area (Å²) >= 11 is 4.99. The highest BCUT2D eigenvalue weighted by Gasteiger charge is 1.99. The number of rotatable bonds is 6. The van der Waals surface area contributed by atoms with Gasteiger partial charge in [0.25, 0.3) is 5.17 Å². The Morgan fingerprint density at radius 2 is 2.12 bits per heavy atom. The molecule has 4 nitrogen and oxygen atoms in total. The van der Waals surface area contributed by atoms with Gasteiger partial charge in [-0.25, -0.2) is 0 Å². The minimum atomic E-state index is 0.307. The van der Waals surface area contributed by atoms with E-state index in [1.54, 1.807) is 7.11 Å². The lowest BCUT2D eigenvalue weighted by molar-refractivity contribution is -0.108. The van der Waals surface area contributed by atoms with E-state index in [0.717, 1.165) is 17.7 Å². The number of unbranched alkanes of at least 4 members (excludes halogenated alkanes) is 1. The first-order chi connectivity index (χ1) is 8.26. The van der Waals surface area contributed by atoms with Crippen molar-refractivity contribution in [1.82, 2.24) is 0 Å². The maximum atomic E-state index is 10.1. The fourth-order valence-corrected chi connectivity index (χ4v) is 1.36. The lowest BCUT2D eigenvalue weighted by Crippen LogP contribution is -2.13. The molecule has 0 bridgehead atoms. The van der Waals surface area contributed by atoms with Crippen LogP contribution in [0.15, 0.2) is 24.3 Å². The van der Waals surface area contributed by atoms with Crippen LogP contribution in [0, 0.1) is 0 Å². The van der Waals surface area contributed by atoms with Crippen LogP contribution in [0.25, 0.3) is 0 Å². The summed E-state index contributed by atoms with van der Waals surface area (Å²) in [5.74, 6) is 0.786. The van der Waals surface area contributed by atoms with Gasteiger partial charge in [0.2, 0.25) is 0 Å². The number of carbonyl (C=O) groups excluding carboxylic acids is 1. The maximum Gasteiger partial charge on any atom is 0.261 e. The van der Waals surface area contributed by atoms with Gasteiger partial charge in [0.05, 0.1) is 13.7 Å². The van der Waals surface area contributed by atoms with Crippen LogP contribution in [0.4, 0.5) is 5.69 Å². The molecule has 0 amide bonds. The van der Waals surface area contributed by atoms with Gasteiger partial charge in [-0.3, -0.25) is 0 Å². The number of ether oxygens (including phenoxy) is 2. The molecule has 0 saturated carbocycles. The number of aldehydes is 1. The highest BCUT2D eigenvalue weighted by atomic mass is 32.1. The third kappa shape index (κ3) is 5.31. The first-order valence-corrected chi connectivity index (χ1v) is 5.68. The first kappa shape index (κ1) is 13.4. The van der Waals surface area contributed by atoms with E-state index in [-0.39, 0.29) is 0 Å². The standard InChI is InChI=1S/C12H15NO3S/c1-15-11-6-4-10(5-7-11)13-12(17)16-9-3-2-8-14/h4-8H,2-3,9H2,1H3,(H,13,17). The molecule has 0 radical (unpaired) electrons. The Hall–Kier alpha value is -1.62. The third-order valence-corrected chi connectivity index (χ3v) is 2.26. The number of methoxy groups -OCH3 is 1. The molecule has 17 heavy (non-hydrogen) atoms. The summed E-state index contributed by atoms with van der Waals surface area (Å²) in [6, 6.07) is 7.36. The van der Waals surface area contributed by atoms with Gasteiger partial charge < -0.3 is 19.6 Å². The third-order valence-electron chi connectivity index (χ3n) is 2.04. The minimum Gasteiger partial charge on any atom is -0.497 e. The zero-order valence-electron chi connectivity index (χ0n) is 9.64. The van der Waals surface area contributed by atoms with Crippen molar-refractivity contribution < 1.29 is 14.3 Å². The molecule has 0 aromatic heterocycles. The second kappa shape index (κ2) is 7.62. The molecule has 1 aromatic carbocycles. The molecule has 0 aliphatic heterocycles. The van der Waals surface area contributed by atoms with Crippen molar-refractivity contribution in [1.29, 1.82) is 0 Å². The first-order valence-electron chi connectivity index (χ1n) is 5.27. The fraction of sp³-hybridized carbons (Fsp3) is 0.333. The Morgan fingerprint density at radius 1 is 1.41 bits per heavy atom. The summed E-state index contributed by atoms with van der Waals surface area (Å²) in [5.41, 5.74) is 0.839. The lowest BCUT2D eigenvalue weighted by Gasteiger charge is -2.09. The highest BCUT2D eigenvalue weighted by molar-refractivity contribution is 7.80. The van der Waals surface area contributed by atoms with Crippen molar-refractivity contribution in [3.8, 4) is 5.75 Å². The van der Waals surface area contributed by atoms with E-state index in [4.69, 9.17) is 21.7 Å². The molecule has 0 spiro atoms. The highest BCUT2D eigenvalue weighted by Crippen LogP contribution is 2.15. The average Bonchev–Trinajstić information content (AvgIpc) is 2.36. The summed E-state index contributed by atoms with van der Waals surface area (Å²) in [6.07, 6.45) is 2.03. The number of hydrogen-bond acceptors (Lipinski definition) is 4. The quantitative estimate of drug-likeness (QED) is 0.479. The second-order valence-electron chi connectivity index (χ2n) is 3.30. The van der Waals surface area contributed by atoms with E-state index in [9.17, 15) is 4.79 Å². The Labute approximate surface area is 106 Å². The topological polar surface area (TPSA) is 47.6 Å². The number of thiocarbonyl (C=S) groups is 1. The maximum absolute atomic E-state index is 10.1. The Kier molecular flexibility index (Phi) is 6.03. The molecule has 0 heterocycles. The van der Waals surface area contributed by atoms with Crippen molar-refractivity contribution in [2.75, 3.05) is 19.0 Å². The fourth-order valence-electron chi connectivity index (χ4n) is 1.16. The van der Waals surface area contributed by atoms with Crippen LogP contribution >= 0.6 is 12.2 Å². The smallest absolute Gasteiger partial charge is 0.261 e. The summed E-state index contributed by atoms with van der Waals surface area (Å²) in [5, 5.41) is 3.24. The van der Waals surface area contributed by atoms with Crippen LogP contribution in [0.2, 0.25) is 0 Å². The largest absolute Gasteiger partial charge is 0.497 e. The molecular weight excluding hydrogens is 238 g/mol. The van der Waals surface area contributed by atoms with E-state index < -0.39 is 0 Å². The predicted molar refractivity (Wildman–Crippen MR) is 70.5 cm³/mol. The second-order valence-corrected chi connectivity index (χ2v) is 3.67. The van der Waals surface area contributed by atoms with Crippen molar-refractivity contribution >= 4 is 29.4 Å². The molecule has 1 rings (SSSR count). The number of hydrogen-bond donors (Lipinski definition) is 1. The van der Waals surface area contributed by atoms with Crippen LogP contribution in [0.1, 0.15) is 12.8 Å². The van der Waals surface area contributed by atoms with Gasteiger partial charge in [0, 0.05) is 12.1 Å². The number of benzene rings is 1. The van der Waals surface area contributed by atoms with Gasteiger partial charge in [-0.1, -0.05) is 0 Å². The molecule has 0 unspecified atom stereocenters. The van der Waals surface area contributed by atoms with Crippen molar-refractivity contribution in [3.05, 3.63) is 24.3 Å². The van der Waals surface area contributed by atoms with Gasteiger partial charge >= 0.3 is 0 Å². The Morgan fingerprint density at radius 3 is 2.71 bits per heavy atom. The average molecular weight is 253 g/mol. The van der Waals surface area contributed by atoms with Crippen molar-refractivity contribution in [2.45, 2.75) is 12.8 Å². The zero-order chi connectivity index (χ0) is 12.5. The lowest BCUT2D eigenvalue weighted by atomic mass is 10.3. The summed E-state index contributed by atoms with van der Waals surface area (Å²) in [6.45, 7) is 0.445. The number of anilines is 1. The monoisotopic (exact) mass is 253 g/mol. The molecule has 5 heteroatoms. The molecule has 92 valence electrons. The summed E-state index contributed by atoms with van der Waals surface area (Å²) in [7, 11) is 1.61. The van der Waals surface area contributed by atoms with Crippen LogP contribution in [-0.2, 0) is 9.53 Å². The van der Waals surface area contributed by atoms with E-state index in [0.29, 0.717) is 24.6 Å². The SMILES string of the molecule is COc1ccc(NC(=S)OCCCC=O)cc1. The van der Waals surface area contributed by atoms with Gasteiger partial charge in [-0.05, 0) is 42.9 Å². The van der Waals surface area contributed by atoms with Crippen molar-refractivity contribution in [3.63, 3.8) is 0 Å². The summed E-state index contributed by atoms with van der Waals surface area (Å²) in [4.78, 5) is 10.1. The van der Waals surface area contributed by atoms with Crippen LogP contribution < -0.4 is 10.1 Å². The van der Waals surface area contributed by atoms with Crippen LogP contribution in [0.5, 0.6) is 5.75 Å². The van der Waals surface area contributed by atoms with Gasteiger partial charge in [0.1, 0.15) is 12.0 Å². The van der Waals surface area contributed by atoms with E-state index in [1.165, 1.54) is 0 Å². The molecule has 1 N–H and O–H groups in total. The molecular formula is C12H15NO3S. The van der Waals surface area contributed by atoms with E-state index in [1.807, 2.05) is 24.3 Å². The minimum absolute atomic E-state index is 0.307. The van der Waals surface area contributed by atoms with Crippen LogP contribution in [0.3, 0.4) is 0 Å².